The van der Waals surface area contributed by atoms with Crippen molar-refractivity contribution in [1.82, 2.24) is 0 Å². The number of aliphatic imine (C=N–C) groups is 1. The molecular weight excluding hydrogens is 443 g/mol. The average molecular weight is 465 g/mol. The van der Waals surface area contributed by atoms with Crippen LogP contribution >= 0.6 is 11.8 Å². The van der Waals surface area contributed by atoms with Crippen molar-refractivity contribution in [2.75, 3.05) is 23.9 Å². The van der Waals surface area contributed by atoms with E-state index in [1.54, 1.807) is 24.3 Å². The molecule has 0 radical (unpaired) electrons. The molecule has 1 fully saturated rings. The van der Waals surface area contributed by atoms with E-state index in [-0.39, 0.29) is 23.2 Å². The number of hydrogen-bond donors (Lipinski definition) is 1. The van der Waals surface area contributed by atoms with Gasteiger partial charge in [-0.2, -0.15) is 13.2 Å². The van der Waals surface area contributed by atoms with Crippen molar-refractivity contribution in [3.05, 3.63) is 54.1 Å². The smallest absolute Gasteiger partial charge is 0.416 e. The Morgan fingerprint density at radius 3 is 2.56 bits per heavy atom. The zero-order chi connectivity index (χ0) is 23.3. The van der Waals surface area contributed by atoms with Gasteiger partial charge in [0.15, 0.2) is 5.17 Å². The van der Waals surface area contributed by atoms with Crippen molar-refractivity contribution in [2.24, 2.45) is 4.99 Å². The second-order valence-corrected chi connectivity index (χ2v) is 8.14. The molecule has 1 saturated heterocycles. The summed E-state index contributed by atoms with van der Waals surface area (Å²) in [6, 6.07) is 11.4. The summed E-state index contributed by atoms with van der Waals surface area (Å²) in [4.78, 5) is 30.5. The first-order valence-corrected chi connectivity index (χ1v) is 10.8. The number of anilines is 2. The highest BCUT2D eigenvalue weighted by Crippen LogP contribution is 2.33. The number of carbonyl (C=O) groups excluding carboxylic acids is 2. The molecule has 1 heterocycles. The molecular formula is C22H22F3N3O3S. The first kappa shape index (κ1) is 23.6. The zero-order valence-corrected chi connectivity index (χ0v) is 18.3. The maximum absolute atomic E-state index is 12.9. The Labute approximate surface area is 187 Å². The predicted molar refractivity (Wildman–Crippen MR) is 119 cm³/mol. The van der Waals surface area contributed by atoms with Crippen LogP contribution in [0.3, 0.4) is 0 Å². The van der Waals surface area contributed by atoms with Crippen molar-refractivity contribution < 1.29 is 27.5 Å². The third-order valence-electron chi connectivity index (χ3n) is 4.57. The minimum Gasteiger partial charge on any atom is -0.494 e. The first-order valence-electron chi connectivity index (χ1n) is 9.90. The van der Waals surface area contributed by atoms with Crippen LogP contribution in [0, 0.1) is 0 Å². The van der Waals surface area contributed by atoms with Crippen molar-refractivity contribution >= 4 is 40.1 Å². The molecule has 3 rings (SSSR count). The minimum absolute atomic E-state index is 0.0408. The number of alkyl halides is 3. The molecule has 2 aromatic rings. The molecule has 0 aliphatic carbocycles. The van der Waals surface area contributed by atoms with Gasteiger partial charge in [-0.15, -0.1) is 0 Å². The number of benzene rings is 2. The molecule has 0 aromatic heterocycles. The van der Waals surface area contributed by atoms with Gasteiger partial charge in [0.05, 0.1) is 17.9 Å². The average Bonchev–Trinajstić information content (AvgIpc) is 3.04. The summed E-state index contributed by atoms with van der Waals surface area (Å²) in [6.45, 7) is 2.56. The lowest BCUT2D eigenvalue weighted by Gasteiger charge is -2.16. The molecule has 2 amide bonds. The fourth-order valence-electron chi connectivity index (χ4n) is 3.05. The van der Waals surface area contributed by atoms with Gasteiger partial charge in [0.1, 0.15) is 11.0 Å². The van der Waals surface area contributed by atoms with Gasteiger partial charge in [0, 0.05) is 19.2 Å². The number of nitrogens with one attached hydrogen (secondary N) is 1. The van der Waals surface area contributed by atoms with Gasteiger partial charge in [-0.05, 0) is 48.9 Å². The maximum Gasteiger partial charge on any atom is 0.416 e. The number of ether oxygens (including phenoxy) is 1. The third-order valence-corrected chi connectivity index (χ3v) is 5.73. The summed E-state index contributed by atoms with van der Waals surface area (Å²) in [6.07, 6.45) is -3.65. The Kier molecular flexibility index (Phi) is 7.44. The number of carbonyl (C=O) groups is 2. The zero-order valence-electron chi connectivity index (χ0n) is 17.5. The van der Waals surface area contributed by atoms with E-state index in [4.69, 9.17) is 4.74 Å². The summed E-state index contributed by atoms with van der Waals surface area (Å²) in [5.41, 5.74) is -0.176. The standard InChI is InChI=1S/C22H22F3N3O3S/c1-3-11-31-17-9-7-16(8-10-17)28-19(29)13-18(20(28)30)32-21(26-2)27-15-6-4-5-14(12-15)22(23,24)25/h4-10,12,18H,3,11,13H2,1-2H3,(H,26,27)/t18-/m0/s1. The van der Waals surface area contributed by atoms with E-state index in [0.717, 1.165) is 35.2 Å². The fraction of sp³-hybridized carbons (Fsp3) is 0.318. The van der Waals surface area contributed by atoms with Gasteiger partial charge in [-0.1, -0.05) is 24.8 Å². The highest BCUT2D eigenvalue weighted by Gasteiger charge is 2.41. The van der Waals surface area contributed by atoms with Crippen molar-refractivity contribution in [1.29, 1.82) is 0 Å². The number of nitrogens with zero attached hydrogens (tertiary/aromatic N) is 2. The molecule has 32 heavy (non-hydrogen) atoms. The molecule has 1 atom stereocenters. The van der Waals surface area contributed by atoms with E-state index in [1.165, 1.54) is 19.2 Å². The van der Waals surface area contributed by atoms with Crippen molar-refractivity contribution in [3.63, 3.8) is 0 Å². The quantitative estimate of drug-likeness (QED) is 0.371. The molecule has 0 spiro atoms. The number of rotatable bonds is 6. The summed E-state index contributed by atoms with van der Waals surface area (Å²) in [5, 5.41) is 2.30. The molecule has 0 unspecified atom stereocenters. The summed E-state index contributed by atoms with van der Waals surface area (Å²) < 4.78 is 44.3. The summed E-state index contributed by atoms with van der Waals surface area (Å²) in [7, 11) is 1.46. The molecule has 0 bridgehead atoms. The molecule has 170 valence electrons. The van der Waals surface area contributed by atoms with Crippen LogP contribution in [0.15, 0.2) is 53.5 Å². The largest absolute Gasteiger partial charge is 0.494 e. The van der Waals surface area contributed by atoms with Crippen LogP contribution < -0.4 is 15.0 Å². The second-order valence-electron chi connectivity index (χ2n) is 6.95. The molecule has 6 nitrogen and oxygen atoms in total. The number of amides is 2. The second kappa shape index (κ2) is 10.1. The molecule has 1 N–H and O–H groups in total. The van der Waals surface area contributed by atoms with E-state index >= 15 is 0 Å². The van der Waals surface area contributed by atoms with E-state index in [2.05, 4.69) is 10.3 Å². The Balaban J connectivity index is 1.68. The highest BCUT2D eigenvalue weighted by molar-refractivity contribution is 8.15. The molecule has 1 aliphatic heterocycles. The van der Waals surface area contributed by atoms with Gasteiger partial charge < -0.3 is 10.1 Å². The van der Waals surface area contributed by atoms with Crippen LogP contribution in [0.2, 0.25) is 0 Å². The number of imide groups is 1. The Hall–Kier alpha value is -3.01. The van der Waals surface area contributed by atoms with E-state index in [1.807, 2.05) is 6.92 Å². The van der Waals surface area contributed by atoms with Crippen LogP contribution in [0.1, 0.15) is 25.3 Å². The lowest BCUT2D eigenvalue weighted by Crippen LogP contribution is -2.31. The third kappa shape index (κ3) is 5.61. The lowest BCUT2D eigenvalue weighted by molar-refractivity contribution is -0.137. The predicted octanol–water partition coefficient (Wildman–Crippen LogP) is 4.96. The summed E-state index contributed by atoms with van der Waals surface area (Å²) >= 11 is 1.01. The molecule has 2 aromatic carbocycles. The normalized spacial score (nSPS) is 17.1. The fourth-order valence-corrected chi connectivity index (χ4v) is 4.03. The molecule has 0 saturated carbocycles. The molecule has 10 heteroatoms. The van der Waals surface area contributed by atoms with Crippen molar-refractivity contribution in [3.8, 4) is 5.75 Å². The SMILES string of the molecule is CCCOc1ccc(N2C(=O)C[C@H](SC(=NC)Nc3cccc(C(F)(F)F)c3)C2=O)cc1. The monoisotopic (exact) mass is 465 g/mol. The van der Waals surface area contributed by atoms with Crippen LogP contribution in [0.4, 0.5) is 24.5 Å². The van der Waals surface area contributed by atoms with Crippen molar-refractivity contribution in [2.45, 2.75) is 31.2 Å². The maximum atomic E-state index is 12.9. The van der Waals surface area contributed by atoms with Gasteiger partial charge >= 0.3 is 6.18 Å². The number of amidine groups is 1. The minimum atomic E-state index is -4.47. The number of halogens is 3. The number of thioether (sulfide) groups is 1. The van der Waals surface area contributed by atoms with Gasteiger partial charge in [0.25, 0.3) is 0 Å². The van der Waals surface area contributed by atoms with Crippen LogP contribution in [-0.4, -0.2) is 35.9 Å². The molecule has 1 aliphatic rings. The number of hydrogen-bond acceptors (Lipinski definition) is 5. The van der Waals surface area contributed by atoms with Crippen LogP contribution in [0.25, 0.3) is 0 Å². The Morgan fingerprint density at radius 2 is 1.94 bits per heavy atom. The summed E-state index contributed by atoms with van der Waals surface area (Å²) in [5.74, 6) is -0.121. The van der Waals surface area contributed by atoms with E-state index in [9.17, 15) is 22.8 Å². The van der Waals surface area contributed by atoms with Gasteiger partial charge in [-0.25, -0.2) is 4.90 Å². The first-order chi connectivity index (χ1) is 15.2. The highest BCUT2D eigenvalue weighted by atomic mass is 32.2. The van der Waals surface area contributed by atoms with Gasteiger partial charge in [-0.3, -0.25) is 14.6 Å². The van der Waals surface area contributed by atoms with E-state index < -0.39 is 22.9 Å². The van der Waals surface area contributed by atoms with Crippen LogP contribution in [0.5, 0.6) is 5.75 Å². The van der Waals surface area contributed by atoms with Crippen LogP contribution in [-0.2, 0) is 15.8 Å². The Bertz CT molecular complexity index is 1010. The Morgan fingerprint density at radius 1 is 1.22 bits per heavy atom. The topological polar surface area (TPSA) is 71.0 Å². The lowest BCUT2D eigenvalue weighted by atomic mass is 10.2. The van der Waals surface area contributed by atoms with E-state index in [0.29, 0.717) is 18.0 Å². The van der Waals surface area contributed by atoms with Gasteiger partial charge in [0.2, 0.25) is 11.8 Å².